The molecule has 0 amide bonds. The third-order valence-corrected chi connectivity index (χ3v) is 1.42. The fourth-order valence-corrected chi connectivity index (χ4v) is 0.834. The van der Waals surface area contributed by atoms with Crippen LogP contribution in [0, 0.1) is 0 Å². The number of hydrogen-bond donors (Lipinski definition) is 0. The van der Waals surface area contributed by atoms with E-state index >= 15 is 0 Å². The van der Waals surface area contributed by atoms with Crippen molar-refractivity contribution < 1.29 is 14.1 Å². The number of rotatable bonds is 4. The molecule has 0 bridgehead atoms. The zero-order valence-corrected chi connectivity index (χ0v) is 6.77. The zero-order chi connectivity index (χ0) is 7.98. The highest BCUT2D eigenvalue weighted by Gasteiger charge is 2.14. The Hall–Kier alpha value is -0.690. The molecule has 0 N–H and O–H groups in total. The van der Waals surface area contributed by atoms with Gasteiger partial charge in [-0.25, -0.2) is 4.79 Å². The summed E-state index contributed by atoms with van der Waals surface area (Å²) in [4.78, 5) is 10.6. The predicted octanol–water partition coefficient (Wildman–Crippen LogP) is 1.17. The summed E-state index contributed by atoms with van der Waals surface area (Å²) < 4.78 is 15.0. The maximum Gasteiger partial charge on any atom is 0.355 e. The standard InChI is InChI=1S/C6H10O3P/c1-3-4-9-6(7)5-10(2)8/h3H,1,4-5H2,2H3/q+1. The fourth-order valence-electron chi connectivity index (χ4n) is 0.379. The summed E-state index contributed by atoms with van der Waals surface area (Å²) in [5, 5.41) is 0. The minimum atomic E-state index is -1.42. The van der Waals surface area contributed by atoms with Crippen LogP contribution in [-0.2, 0) is 14.1 Å². The lowest BCUT2D eigenvalue weighted by molar-refractivity contribution is -0.139. The van der Waals surface area contributed by atoms with Gasteiger partial charge in [-0.15, -0.1) is 0 Å². The number of carbonyl (C=O) groups is 1. The summed E-state index contributed by atoms with van der Waals surface area (Å²) in [5.41, 5.74) is 0. The third-order valence-electron chi connectivity index (χ3n) is 0.714. The van der Waals surface area contributed by atoms with Crippen LogP contribution in [0.2, 0.25) is 0 Å². The van der Waals surface area contributed by atoms with E-state index < -0.39 is 13.8 Å². The van der Waals surface area contributed by atoms with Gasteiger partial charge in [0, 0.05) is 0 Å². The van der Waals surface area contributed by atoms with Crippen molar-refractivity contribution in [3.8, 4) is 0 Å². The van der Waals surface area contributed by atoms with Gasteiger partial charge in [0.15, 0.2) is 0 Å². The zero-order valence-electron chi connectivity index (χ0n) is 5.87. The van der Waals surface area contributed by atoms with Gasteiger partial charge in [0.05, 0.1) is 0 Å². The first kappa shape index (κ1) is 9.31. The lowest BCUT2D eigenvalue weighted by Gasteiger charge is -1.92. The van der Waals surface area contributed by atoms with E-state index in [0.717, 1.165) is 0 Å². The SMILES string of the molecule is C=CCOC(=O)C[P+](C)=O. The van der Waals surface area contributed by atoms with Crippen LogP contribution in [0.4, 0.5) is 0 Å². The quantitative estimate of drug-likeness (QED) is 0.353. The lowest BCUT2D eigenvalue weighted by Crippen LogP contribution is -2.06. The summed E-state index contributed by atoms with van der Waals surface area (Å²) in [5.74, 6) is -0.427. The monoisotopic (exact) mass is 161 g/mol. The highest BCUT2D eigenvalue weighted by atomic mass is 31.1. The Bertz CT molecular complexity index is 153. The van der Waals surface area contributed by atoms with Gasteiger partial charge in [0.2, 0.25) is 6.16 Å². The second kappa shape index (κ2) is 5.12. The first-order valence-electron chi connectivity index (χ1n) is 2.81. The van der Waals surface area contributed by atoms with E-state index in [4.69, 9.17) is 0 Å². The Morgan fingerprint density at radius 2 is 2.40 bits per heavy atom. The van der Waals surface area contributed by atoms with E-state index in [2.05, 4.69) is 11.3 Å². The van der Waals surface area contributed by atoms with Crippen molar-refractivity contribution in [2.24, 2.45) is 0 Å². The van der Waals surface area contributed by atoms with Gasteiger partial charge in [0.25, 0.3) is 0 Å². The van der Waals surface area contributed by atoms with Crippen LogP contribution in [0.5, 0.6) is 0 Å². The van der Waals surface area contributed by atoms with Gasteiger partial charge in [-0.2, -0.15) is 0 Å². The first-order chi connectivity index (χ1) is 4.66. The molecule has 1 unspecified atom stereocenters. The minimum absolute atomic E-state index is 0.00315. The molecule has 0 rings (SSSR count). The van der Waals surface area contributed by atoms with Gasteiger partial charge in [-0.05, 0) is 0 Å². The number of ether oxygens (including phenoxy) is 1. The summed E-state index contributed by atoms with van der Waals surface area (Å²) in [6.45, 7) is 5.05. The molecule has 0 aromatic rings. The molecule has 10 heavy (non-hydrogen) atoms. The molecule has 0 saturated heterocycles. The molecule has 3 nitrogen and oxygen atoms in total. The van der Waals surface area contributed by atoms with Gasteiger partial charge in [-0.1, -0.05) is 17.2 Å². The van der Waals surface area contributed by atoms with Crippen molar-refractivity contribution in [2.45, 2.75) is 0 Å². The number of hydrogen-bond acceptors (Lipinski definition) is 3. The third kappa shape index (κ3) is 5.45. The highest BCUT2D eigenvalue weighted by Crippen LogP contribution is 2.12. The van der Waals surface area contributed by atoms with E-state index in [1.54, 1.807) is 0 Å². The van der Waals surface area contributed by atoms with Crippen molar-refractivity contribution in [1.29, 1.82) is 0 Å². The molecule has 0 aromatic carbocycles. The van der Waals surface area contributed by atoms with Crippen molar-refractivity contribution in [3.05, 3.63) is 12.7 Å². The Morgan fingerprint density at radius 1 is 1.80 bits per heavy atom. The van der Waals surface area contributed by atoms with E-state index in [1.165, 1.54) is 12.7 Å². The maximum atomic E-state index is 10.6. The van der Waals surface area contributed by atoms with Crippen LogP contribution in [0.15, 0.2) is 12.7 Å². The van der Waals surface area contributed by atoms with Crippen LogP contribution >= 0.6 is 7.80 Å². The lowest BCUT2D eigenvalue weighted by atomic mass is 10.7. The van der Waals surface area contributed by atoms with Crippen molar-refractivity contribution in [2.75, 3.05) is 19.4 Å². The Balaban J connectivity index is 3.43. The highest BCUT2D eigenvalue weighted by molar-refractivity contribution is 7.44. The van der Waals surface area contributed by atoms with E-state index in [-0.39, 0.29) is 12.8 Å². The molecular formula is C6H10O3P+. The molecule has 0 fully saturated rings. The van der Waals surface area contributed by atoms with E-state index in [0.29, 0.717) is 0 Å². The number of carbonyl (C=O) groups excluding carboxylic acids is 1. The minimum Gasteiger partial charge on any atom is -0.458 e. The van der Waals surface area contributed by atoms with Gasteiger partial charge in [-0.3, -0.25) is 0 Å². The van der Waals surface area contributed by atoms with Crippen LogP contribution in [0.3, 0.4) is 0 Å². The molecule has 0 aliphatic rings. The van der Waals surface area contributed by atoms with Gasteiger partial charge < -0.3 is 4.74 Å². The second-order valence-electron chi connectivity index (χ2n) is 1.76. The average molecular weight is 161 g/mol. The molecule has 0 aliphatic carbocycles. The largest absolute Gasteiger partial charge is 0.458 e. The predicted molar refractivity (Wildman–Crippen MR) is 39.6 cm³/mol. The van der Waals surface area contributed by atoms with Crippen molar-refractivity contribution >= 4 is 13.8 Å². The molecule has 0 saturated carbocycles. The first-order valence-corrected chi connectivity index (χ1v) is 4.71. The Labute approximate surface area is 60.9 Å². The molecule has 0 spiro atoms. The fraction of sp³-hybridized carbons (Fsp3) is 0.500. The summed E-state index contributed by atoms with van der Waals surface area (Å²) in [6, 6.07) is 0. The van der Waals surface area contributed by atoms with Crippen LogP contribution in [0.25, 0.3) is 0 Å². The molecule has 0 radical (unpaired) electrons. The molecule has 4 heteroatoms. The summed E-state index contributed by atoms with van der Waals surface area (Å²) >= 11 is 0. The van der Waals surface area contributed by atoms with E-state index in [9.17, 15) is 9.36 Å². The summed E-state index contributed by atoms with van der Waals surface area (Å²) in [6.07, 6.45) is 1.48. The molecular weight excluding hydrogens is 151 g/mol. The second-order valence-corrected chi connectivity index (χ2v) is 3.33. The van der Waals surface area contributed by atoms with Crippen LogP contribution in [0.1, 0.15) is 0 Å². The normalized spacial score (nSPS) is 10.3. The smallest absolute Gasteiger partial charge is 0.355 e. The molecule has 1 atom stereocenters. The van der Waals surface area contributed by atoms with E-state index in [1.807, 2.05) is 0 Å². The molecule has 0 heterocycles. The van der Waals surface area contributed by atoms with Crippen LogP contribution in [-0.4, -0.2) is 25.4 Å². The Morgan fingerprint density at radius 3 is 2.80 bits per heavy atom. The van der Waals surface area contributed by atoms with Crippen molar-refractivity contribution in [3.63, 3.8) is 0 Å². The Kier molecular flexibility index (Phi) is 4.77. The maximum absolute atomic E-state index is 10.6. The molecule has 0 aromatic heterocycles. The molecule has 0 aliphatic heterocycles. The van der Waals surface area contributed by atoms with Gasteiger partial charge >= 0.3 is 13.8 Å². The van der Waals surface area contributed by atoms with Gasteiger partial charge in [0.1, 0.15) is 13.3 Å². The summed E-state index contributed by atoms with van der Waals surface area (Å²) in [7, 11) is -1.42. The number of esters is 1. The molecule has 56 valence electrons. The topological polar surface area (TPSA) is 43.4 Å². The average Bonchev–Trinajstić information content (AvgIpc) is 1.82. The van der Waals surface area contributed by atoms with Crippen LogP contribution < -0.4 is 0 Å². The van der Waals surface area contributed by atoms with Crippen molar-refractivity contribution in [1.82, 2.24) is 0 Å².